The second-order valence-electron chi connectivity index (χ2n) is 6.33. The molecule has 0 fully saturated rings. The van der Waals surface area contributed by atoms with Crippen LogP contribution in [0.4, 0.5) is 10.5 Å². The van der Waals surface area contributed by atoms with E-state index in [0.29, 0.717) is 35.6 Å². The number of amides is 2. The molecule has 2 amide bonds. The van der Waals surface area contributed by atoms with Crippen LogP contribution in [-0.4, -0.2) is 61.5 Å². The zero-order valence-electron chi connectivity index (χ0n) is 16.3. The van der Waals surface area contributed by atoms with Gasteiger partial charge in [0.25, 0.3) is 0 Å². The lowest BCUT2D eigenvalue weighted by Crippen LogP contribution is -2.31. The molecule has 10 nitrogen and oxygen atoms in total. The number of carbonyl (C=O) groups excluding carboxylic acids is 1. The minimum atomic E-state index is -3.54. The highest BCUT2D eigenvalue weighted by Crippen LogP contribution is 2.22. The molecule has 3 aromatic rings. The molecule has 1 aromatic heterocycles. The number of urea groups is 1. The Morgan fingerprint density at radius 2 is 1.97 bits per heavy atom. The van der Waals surface area contributed by atoms with Gasteiger partial charge in [-0.3, -0.25) is 0 Å². The molecular formula is C18H22N6O4S. The van der Waals surface area contributed by atoms with Crippen LogP contribution in [0.5, 0.6) is 5.75 Å². The van der Waals surface area contributed by atoms with Crippen LogP contribution in [0.2, 0.25) is 0 Å². The molecule has 29 heavy (non-hydrogen) atoms. The lowest BCUT2D eigenvalue weighted by molar-refractivity contribution is 0.251. The van der Waals surface area contributed by atoms with Gasteiger partial charge in [-0.15, -0.1) is 5.10 Å². The molecule has 0 radical (unpaired) electrons. The van der Waals surface area contributed by atoms with Crippen LogP contribution in [0.25, 0.3) is 11.0 Å². The zero-order chi connectivity index (χ0) is 21.0. The summed E-state index contributed by atoms with van der Waals surface area (Å²) in [5.41, 5.74) is 1.70. The zero-order valence-corrected chi connectivity index (χ0v) is 17.1. The number of ether oxygens (including phenoxy) is 1. The van der Waals surface area contributed by atoms with Crippen molar-refractivity contribution in [3.8, 4) is 5.75 Å². The second-order valence-corrected chi connectivity index (χ2v) is 8.48. The van der Waals surface area contributed by atoms with Crippen molar-refractivity contribution < 1.29 is 17.9 Å². The van der Waals surface area contributed by atoms with Crippen LogP contribution in [0.1, 0.15) is 0 Å². The van der Waals surface area contributed by atoms with Crippen molar-refractivity contribution in [2.75, 3.05) is 33.1 Å². The molecule has 0 atom stereocenters. The molecule has 0 aliphatic heterocycles. The molecule has 0 saturated carbocycles. The number of sulfonamides is 1. The third kappa shape index (κ3) is 4.46. The molecular weight excluding hydrogens is 396 g/mol. The number of carbonyl (C=O) groups is 1. The molecule has 1 heterocycles. The molecule has 0 aliphatic rings. The maximum atomic E-state index is 12.2. The van der Waals surface area contributed by atoms with Gasteiger partial charge in [0.15, 0.2) is 0 Å². The lowest BCUT2D eigenvalue weighted by Gasteiger charge is -2.11. The summed E-state index contributed by atoms with van der Waals surface area (Å²) in [6, 6.07) is 11.4. The van der Waals surface area contributed by atoms with Gasteiger partial charge in [-0.1, -0.05) is 17.3 Å². The lowest BCUT2D eigenvalue weighted by atomic mass is 10.3. The summed E-state index contributed by atoms with van der Waals surface area (Å²) < 4.78 is 32.4. The summed E-state index contributed by atoms with van der Waals surface area (Å²) in [4.78, 5) is 12.2. The van der Waals surface area contributed by atoms with Gasteiger partial charge < -0.3 is 15.4 Å². The molecule has 2 N–H and O–H groups in total. The number of nitrogens with one attached hydrogen (secondary N) is 2. The Hall–Kier alpha value is -3.18. The Morgan fingerprint density at radius 3 is 2.69 bits per heavy atom. The Bertz CT molecular complexity index is 1130. The smallest absolute Gasteiger partial charge is 0.319 e. The summed E-state index contributed by atoms with van der Waals surface area (Å²) in [5.74, 6) is 0.563. The quantitative estimate of drug-likeness (QED) is 0.600. The maximum absolute atomic E-state index is 12.2. The monoisotopic (exact) mass is 418 g/mol. The van der Waals surface area contributed by atoms with E-state index in [-0.39, 0.29) is 10.9 Å². The Balaban J connectivity index is 1.63. The van der Waals surface area contributed by atoms with Crippen LogP contribution in [-0.2, 0) is 16.6 Å². The minimum absolute atomic E-state index is 0.149. The molecule has 0 aliphatic carbocycles. The standard InChI is InChI=1S/C18H22N6O4S/c1-23(2)29(26,27)13-8-9-16-15(12-13)21-22-24(16)11-10-19-18(25)20-14-6-4-5-7-17(14)28-3/h4-9,12H,10-11H2,1-3H3,(H2,19,20,25). The van der Waals surface area contributed by atoms with Crippen molar-refractivity contribution in [3.05, 3.63) is 42.5 Å². The largest absolute Gasteiger partial charge is 0.495 e. The first kappa shape index (κ1) is 20.6. The average Bonchev–Trinajstić information content (AvgIpc) is 3.10. The van der Waals surface area contributed by atoms with Gasteiger partial charge in [0.05, 0.1) is 29.8 Å². The average molecular weight is 418 g/mol. The Kier molecular flexibility index (Phi) is 5.99. The maximum Gasteiger partial charge on any atom is 0.319 e. The fourth-order valence-electron chi connectivity index (χ4n) is 2.68. The van der Waals surface area contributed by atoms with Gasteiger partial charge in [-0.2, -0.15) is 0 Å². The van der Waals surface area contributed by atoms with Crippen LogP contribution < -0.4 is 15.4 Å². The number of anilines is 1. The summed E-state index contributed by atoms with van der Waals surface area (Å²) >= 11 is 0. The van der Waals surface area contributed by atoms with Crippen molar-refractivity contribution in [2.45, 2.75) is 11.4 Å². The summed E-state index contributed by atoms with van der Waals surface area (Å²) in [7, 11) is 0.930. The third-order valence-electron chi connectivity index (χ3n) is 4.23. The van der Waals surface area contributed by atoms with Crippen LogP contribution in [0.3, 0.4) is 0 Å². The summed E-state index contributed by atoms with van der Waals surface area (Å²) in [6.07, 6.45) is 0. The Labute approximate surface area is 168 Å². The van der Waals surface area contributed by atoms with Crippen LogP contribution in [0, 0.1) is 0 Å². The molecule has 11 heteroatoms. The Morgan fingerprint density at radius 1 is 1.21 bits per heavy atom. The molecule has 2 aromatic carbocycles. The minimum Gasteiger partial charge on any atom is -0.495 e. The highest BCUT2D eigenvalue weighted by Gasteiger charge is 2.18. The highest BCUT2D eigenvalue weighted by molar-refractivity contribution is 7.89. The second kappa shape index (κ2) is 8.45. The van der Waals surface area contributed by atoms with E-state index >= 15 is 0 Å². The van der Waals surface area contributed by atoms with E-state index in [1.54, 1.807) is 28.9 Å². The summed E-state index contributed by atoms with van der Waals surface area (Å²) in [6.45, 7) is 0.673. The van der Waals surface area contributed by atoms with E-state index in [1.807, 2.05) is 6.07 Å². The normalized spacial score (nSPS) is 11.6. The van der Waals surface area contributed by atoms with Gasteiger partial charge in [-0.05, 0) is 30.3 Å². The number of fused-ring (bicyclic) bond motifs is 1. The SMILES string of the molecule is COc1ccccc1NC(=O)NCCn1nnc2cc(S(=O)(=O)N(C)C)ccc21. The number of nitrogens with zero attached hydrogens (tertiary/aromatic N) is 4. The van der Waals surface area contributed by atoms with Gasteiger partial charge >= 0.3 is 6.03 Å². The first-order valence-electron chi connectivity index (χ1n) is 8.76. The number of aromatic nitrogens is 3. The van der Waals surface area contributed by atoms with Crippen LogP contribution >= 0.6 is 0 Å². The van der Waals surface area contributed by atoms with E-state index in [0.717, 1.165) is 4.31 Å². The molecule has 0 unspecified atom stereocenters. The number of rotatable bonds is 7. The molecule has 0 bridgehead atoms. The van der Waals surface area contributed by atoms with Gasteiger partial charge in [0.2, 0.25) is 10.0 Å². The van der Waals surface area contributed by atoms with E-state index in [4.69, 9.17) is 4.74 Å². The third-order valence-corrected chi connectivity index (χ3v) is 6.04. The predicted molar refractivity (Wildman–Crippen MR) is 108 cm³/mol. The molecule has 0 saturated heterocycles. The van der Waals surface area contributed by atoms with Crippen molar-refractivity contribution >= 4 is 32.8 Å². The topological polar surface area (TPSA) is 118 Å². The van der Waals surface area contributed by atoms with Crippen molar-refractivity contribution in [1.82, 2.24) is 24.6 Å². The molecule has 0 spiro atoms. The number of methoxy groups -OCH3 is 1. The fourth-order valence-corrected chi connectivity index (χ4v) is 3.60. The number of benzene rings is 2. The van der Waals surface area contributed by atoms with Crippen molar-refractivity contribution in [3.63, 3.8) is 0 Å². The van der Waals surface area contributed by atoms with Crippen molar-refractivity contribution in [1.29, 1.82) is 0 Å². The highest BCUT2D eigenvalue weighted by atomic mass is 32.2. The predicted octanol–water partition coefficient (Wildman–Crippen LogP) is 1.51. The van der Waals surface area contributed by atoms with E-state index in [9.17, 15) is 13.2 Å². The van der Waals surface area contributed by atoms with Gasteiger partial charge in [-0.25, -0.2) is 22.2 Å². The summed E-state index contributed by atoms with van der Waals surface area (Å²) in [5, 5.41) is 13.5. The molecule has 154 valence electrons. The van der Waals surface area contributed by atoms with E-state index < -0.39 is 10.0 Å². The number of hydrogen-bond donors (Lipinski definition) is 2. The van der Waals surface area contributed by atoms with Crippen LogP contribution in [0.15, 0.2) is 47.4 Å². The van der Waals surface area contributed by atoms with E-state index in [2.05, 4.69) is 20.9 Å². The van der Waals surface area contributed by atoms with Gasteiger partial charge in [0, 0.05) is 20.6 Å². The van der Waals surface area contributed by atoms with Crippen molar-refractivity contribution in [2.24, 2.45) is 0 Å². The first-order valence-corrected chi connectivity index (χ1v) is 10.2. The molecule has 3 rings (SSSR count). The number of hydrogen-bond acceptors (Lipinski definition) is 6. The van der Waals surface area contributed by atoms with Gasteiger partial charge in [0.1, 0.15) is 11.3 Å². The van der Waals surface area contributed by atoms with E-state index in [1.165, 1.54) is 33.3 Å². The fraction of sp³-hybridized carbons (Fsp3) is 0.278. The number of para-hydroxylation sites is 2. The first-order chi connectivity index (χ1) is 13.8.